The molecule has 7 heteroatoms. The molecule has 33 heavy (non-hydrogen) atoms. The molecule has 1 aliphatic heterocycles. The van der Waals surface area contributed by atoms with Crippen LogP contribution < -0.4 is 4.74 Å². The summed E-state index contributed by atoms with van der Waals surface area (Å²) in [4.78, 5) is 29.6. The topological polar surface area (TPSA) is 70.1 Å². The van der Waals surface area contributed by atoms with E-state index < -0.39 is 17.7 Å². The van der Waals surface area contributed by atoms with Crippen LogP contribution in [0.4, 0.5) is 0 Å². The first-order valence-corrected chi connectivity index (χ1v) is 11.2. The number of benzene rings is 2. The van der Waals surface area contributed by atoms with Crippen LogP contribution in [0.1, 0.15) is 29.2 Å². The Balaban J connectivity index is 2.06. The first kappa shape index (κ1) is 24.6. The van der Waals surface area contributed by atoms with E-state index in [2.05, 4.69) is 6.58 Å². The summed E-state index contributed by atoms with van der Waals surface area (Å²) < 4.78 is 5.61. The Hall–Kier alpha value is -3.09. The average molecular weight is 469 g/mol. The van der Waals surface area contributed by atoms with Crippen molar-refractivity contribution in [2.24, 2.45) is 0 Å². The van der Waals surface area contributed by atoms with Gasteiger partial charge in [0, 0.05) is 17.1 Å². The zero-order valence-electron chi connectivity index (χ0n) is 19.2. The quantitative estimate of drug-likeness (QED) is 0.252. The van der Waals surface area contributed by atoms with Crippen molar-refractivity contribution in [1.29, 1.82) is 0 Å². The van der Waals surface area contributed by atoms with Gasteiger partial charge in [0.25, 0.3) is 11.7 Å². The lowest BCUT2D eigenvalue weighted by molar-refractivity contribution is -0.139. The summed E-state index contributed by atoms with van der Waals surface area (Å²) in [6, 6.07) is 11.5. The molecule has 0 spiro atoms. The number of nitrogens with zero attached hydrogens (tertiary/aromatic N) is 2. The Bertz CT molecular complexity index is 1080. The van der Waals surface area contributed by atoms with E-state index in [-0.39, 0.29) is 11.3 Å². The summed E-state index contributed by atoms with van der Waals surface area (Å²) in [5.74, 6) is -0.855. The number of carbonyl (C=O) groups excluding carboxylic acids is 2. The van der Waals surface area contributed by atoms with Crippen molar-refractivity contribution in [1.82, 2.24) is 9.80 Å². The number of ketones is 1. The SMILES string of the molecule is C=CCOc1ccc(C(O)=C2C(=O)C(=O)N(CCCN(C)C)[C@H]2c2ccc(Cl)cc2)cc1C. The van der Waals surface area contributed by atoms with Crippen LogP contribution in [0, 0.1) is 6.92 Å². The van der Waals surface area contributed by atoms with Crippen molar-refractivity contribution in [3.05, 3.63) is 82.4 Å². The van der Waals surface area contributed by atoms with Gasteiger partial charge < -0.3 is 19.6 Å². The predicted octanol–water partition coefficient (Wildman–Crippen LogP) is 4.59. The average Bonchev–Trinajstić information content (AvgIpc) is 3.03. The fraction of sp³-hybridized carbons (Fsp3) is 0.308. The van der Waals surface area contributed by atoms with E-state index in [0.29, 0.717) is 41.5 Å². The molecule has 1 amide bonds. The molecule has 1 N–H and O–H groups in total. The first-order valence-electron chi connectivity index (χ1n) is 10.8. The Morgan fingerprint density at radius 3 is 2.52 bits per heavy atom. The summed E-state index contributed by atoms with van der Waals surface area (Å²) in [6.45, 7) is 7.01. The molecular formula is C26H29ClN2O4. The molecule has 1 atom stereocenters. The molecular weight excluding hydrogens is 440 g/mol. The van der Waals surface area contributed by atoms with E-state index in [9.17, 15) is 14.7 Å². The molecule has 0 aromatic heterocycles. The number of Topliss-reactive ketones (excluding diaryl/α,β-unsaturated/α-hetero) is 1. The smallest absolute Gasteiger partial charge is 0.295 e. The van der Waals surface area contributed by atoms with Crippen molar-refractivity contribution >= 4 is 29.1 Å². The van der Waals surface area contributed by atoms with Crippen LogP contribution in [0.2, 0.25) is 5.02 Å². The molecule has 1 heterocycles. The molecule has 6 nitrogen and oxygen atoms in total. The third-order valence-corrected chi connectivity index (χ3v) is 5.79. The largest absolute Gasteiger partial charge is 0.507 e. The summed E-state index contributed by atoms with van der Waals surface area (Å²) in [5, 5.41) is 11.8. The van der Waals surface area contributed by atoms with Crippen molar-refractivity contribution in [3.8, 4) is 5.75 Å². The van der Waals surface area contributed by atoms with Crippen LogP contribution in [-0.2, 0) is 9.59 Å². The fourth-order valence-corrected chi connectivity index (χ4v) is 4.05. The van der Waals surface area contributed by atoms with Crippen molar-refractivity contribution in [2.45, 2.75) is 19.4 Å². The molecule has 2 aromatic carbocycles. The lowest BCUT2D eigenvalue weighted by atomic mass is 9.94. The molecule has 1 aliphatic rings. The van der Waals surface area contributed by atoms with Crippen molar-refractivity contribution < 1.29 is 19.4 Å². The van der Waals surface area contributed by atoms with Gasteiger partial charge in [-0.25, -0.2) is 0 Å². The lowest BCUT2D eigenvalue weighted by Gasteiger charge is -2.26. The summed E-state index contributed by atoms with van der Waals surface area (Å²) in [5.41, 5.74) is 2.03. The van der Waals surface area contributed by atoms with E-state index >= 15 is 0 Å². The Morgan fingerprint density at radius 1 is 1.21 bits per heavy atom. The van der Waals surface area contributed by atoms with Crippen LogP contribution in [0.25, 0.3) is 5.76 Å². The summed E-state index contributed by atoms with van der Waals surface area (Å²) >= 11 is 6.06. The van der Waals surface area contributed by atoms with Gasteiger partial charge >= 0.3 is 0 Å². The van der Waals surface area contributed by atoms with Gasteiger partial charge in [-0.2, -0.15) is 0 Å². The molecule has 2 aromatic rings. The molecule has 1 fully saturated rings. The zero-order valence-corrected chi connectivity index (χ0v) is 19.9. The van der Waals surface area contributed by atoms with Gasteiger partial charge in [0.05, 0.1) is 11.6 Å². The molecule has 174 valence electrons. The van der Waals surface area contributed by atoms with Gasteiger partial charge in [-0.05, 0) is 75.4 Å². The molecule has 0 aliphatic carbocycles. The zero-order chi connectivity index (χ0) is 24.1. The molecule has 0 unspecified atom stereocenters. The van der Waals surface area contributed by atoms with Crippen LogP contribution in [-0.4, -0.2) is 60.4 Å². The number of aliphatic hydroxyl groups excluding tert-OH is 1. The van der Waals surface area contributed by atoms with E-state index in [4.69, 9.17) is 16.3 Å². The van der Waals surface area contributed by atoms with Gasteiger partial charge in [-0.1, -0.05) is 36.4 Å². The number of halogens is 1. The number of hydrogen-bond donors (Lipinski definition) is 1. The second kappa shape index (κ2) is 10.7. The standard InChI is InChI=1S/C26H29ClN2O4/c1-5-15-33-21-12-9-19(16-17(21)2)24(30)22-23(18-7-10-20(27)11-8-18)29(26(32)25(22)31)14-6-13-28(3)4/h5,7-12,16,23,30H,1,6,13-15H2,2-4H3/t23-/m0/s1. The lowest BCUT2D eigenvalue weighted by Crippen LogP contribution is -2.32. The minimum atomic E-state index is -0.693. The normalized spacial score (nSPS) is 17.6. The maximum Gasteiger partial charge on any atom is 0.295 e. The van der Waals surface area contributed by atoms with Gasteiger partial charge in [-0.15, -0.1) is 0 Å². The molecule has 0 saturated carbocycles. The monoisotopic (exact) mass is 468 g/mol. The summed E-state index contributed by atoms with van der Waals surface area (Å²) in [6.07, 6.45) is 2.34. The highest BCUT2D eigenvalue weighted by molar-refractivity contribution is 6.46. The molecule has 0 bridgehead atoms. The predicted molar refractivity (Wildman–Crippen MR) is 131 cm³/mol. The highest BCUT2D eigenvalue weighted by Crippen LogP contribution is 2.40. The number of aliphatic hydroxyl groups is 1. The van der Waals surface area contributed by atoms with Crippen LogP contribution in [0.3, 0.4) is 0 Å². The Kier molecular flexibility index (Phi) is 7.95. The Labute approximate surface area is 199 Å². The third-order valence-electron chi connectivity index (χ3n) is 5.54. The maximum atomic E-state index is 13.1. The number of aryl methyl sites for hydroxylation is 1. The van der Waals surface area contributed by atoms with Crippen LogP contribution in [0.5, 0.6) is 5.75 Å². The number of hydrogen-bond acceptors (Lipinski definition) is 5. The number of amides is 1. The minimum absolute atomic E-state index is 0.0753. The number of carbonyl (C=O) groups is 2. The van der Waals surface area contributed by atoms with Gasteiger partial charge in [0.2, 0.25) is 0 Å². The van der Waals surface area contributed by atoms with E-state index in [1.165, 1.54) is 4.90 Å². The maximum absolute atomic E-state index is 13.1. The van der Waals surface area contributed by atoms with Crippen LogP contribution >= 0.6 is 11.6 Å². The minimum Gasteiger partial charge on any atom is -0.507 e. The first-order chi connectivity index (χ1) is 15.7. The molecule has 1 saturated heterocycles. The van der Waals surface area contributed by atoms with Crippen LogP contribution in [0.15, 0.2) is 60.7 Å². The van der Waals surface area contributed by atoms with Gasteiger partial charge in [0.15, 0.2) is 0 Å². The van der Waals surface area contributed by atoms with E-state index in [1.807, 2.05) is 25.9 Å². The molecule has 3 rings (SSSR count). The van der Waals surface area contributed by atoms with Gasteiger partial charge in [0.1, 0.15) is 18.1 Å². The molecule has 0 radical (unpaired) electrons. The van der Waals surface area contributed by atoms with Gasteiger partial charge in [-0.3, -0.25) is 9.59 Å². The van der Waals surface area contributed by atoms with Crippen molar-refractivity contribution in [2.75, 3.05) is 33.8 Å². The Morgan fingerprint density at radius 2 is 1.91 bits per heavy atom. The highest BCUT2D eigenvalue weighted by atomic mass is 35.5. The number of ether oxygens (including phenoxy) is 1. The number of likely N-dealkylation sites (tertiary alicyclic amines) is 1. The van der Waals surface area contributed by atoms with Crippen molar-refractivity contribution in [3.63, 3.8) is 0 Å². The number of rotatable bonds is 9. The van der Waals surface area contributed by atoms with E-state index in [0.717, 1.165) is 12.1 Å². The second-order valence-corrected chi connectivity index (χ2v) is 8.72. The third kappa shape index (κ3) is 5.46. The summed E-state index contributed by atoms with van der Waals surface area (Å²) in [7, 11) is 3.91. The fourth-order valence-electron chi connectivity index (χ4n) is 3.92. The highest BCUT2D eigenvalue weighted by Gasteiger charge is 2.45. The second-order valence-electron chi connectivity index (χ2n) is 8.28. The van der Waals surface area contributed by atoms with E-state index in [1.54, 1.807) is 48.5 Å².